The molecule has 2 aromatic rings. The van der Waals surface area contributed by atoms with E-state index in [1.54, 1.807) is 19.1 Å². The summed E-state index contributed by atoms with van der Waals surface area (Å²) in [4.78, 5) is 99.4. The molecule has 22 nitrogen and oxygen atoms in total. The van der Waals surface area contributed by atoms with Gasteiger partial charge in [-0.15, -0.1) is 0 Å². The average Bonchev–Trinajstić information content (AvgIpc) is 3.61. The molecule has 0 unspecified atom stereocenters. The molecule has 1 saturated heterocycles. The van der Waals surface area contributed by atoms with E-state index < -0.39 is 71.5 Å². The number of anilines is 1. The zero-order chi connectivity index (χ0) is 43.6. The molecule has 0 bridgehead atoms. The van der Waals surface area contributed by atoms with Crippen LogP contribution in [0.3, 0.4) is 0 Å². The van der Waals surface area contributed by atoms with E-state index in [4.69, 9.17) is 33.1 Å². The molecule has 0 spiro atoms. The summed E-state index contributed by atoms with van der Waals surface area (Å²) in [7, 11) is 0. The number of nitrogens with two attached hydrogens (primary N) is 5. The predicted molar refractivity (Wildman–Crippen MR) is 219 cm³/mol. The standard InChI is InChI=1S/C37H57N13O9/c1-19-17-29(53)59-27-18-21(10-11-22(19)27)45-31(54)24(8-5-15-43-36(39)40)47-32(55)23(7-3-4-14-38)49-35(58)30(20(2)51)50-34(57)25(9-6-16-44-37(41)42)48-33(56)26-12-13-28(52)46-26/h10-11,17-18,20,23-26,30,51H,3-9,12-16,38H2,1-2H3,(H,45,54)(H,46,52)(H,47,55)(H,48,56)(H,49,58)(H,50,57)(H4,39,40,43)(H4,41,42,44)/t20-,23+,24+,25+,26+,30+/m1/s1. The summed E-state index contributed by atoms with van der Waals surface area (Å²) < 4.78 is 5.30. The van der Waals surface area contributed by atoms with E-state index in [1.165, 1.54) is 19.1 Å². The van der Waals surface area contributed by atoms with Gasteiger partial charge in [-0.3, -0.25) is 38.8 Å². The number of aryl methyl sites for hydroxylation is 1. The molecule has 59 heavy (non-hydrogen) atoms. The number of rotatable bonds is 23. The Morgan fingerprint density at radius 2 is 1.39 bits per heavy atom. The smallest absolute Gasteiger partial charge is 0.336 e. The minimum Gasteiger partial charge on any atom is -0.423 e. The second kappa shape index (κ2) is 23.2. The first kappa shape index (κ1) is 47.1. The number of guanidine groups is 2. The predicted octanol–water partition coefficient (Wildman–Crippen LogP) is -3.13. The van der Waals surface area contributed by atoms with E-state index in [0.717, 1.165) is 0 Å². The highest BCUT2D eigenvalue weighted by molar-refractivity contribution is 6.00. The van der Waals surface area contributed by atoms with Gasteiger partial charge in [0.25, 0.3) is 0 Å². The normalized spacial score (nSPS) is 16.0. The third-order valence-electron chi connectivity index (χ3n) is 9.33. The topological polar surface area (TPSA) is 380 Å². The molecule has 1 aliphatic heterocycles. The fraction of sp³-hybridized carbons (Fsp3) is 0.541. The minimum absolute atomic E-state index is 0.0211. The number of aliphatic hydroxyl groups excluding tert-OH is 1. The van der Waals surface area contributed by atoms with E-state index in [1.807, 2.05) is 0 Å². The fourth-order valence-corrected chi connectivity index (χ4v) is 6.21. The van der Waals surface area contributed by atoms with Crippen LogP contribution in [-0.2, 0) is 28.8 Å². The average molecular weight is 828 g/mol. The Balaban J connectivity index is 1.81. The lowest BCUT2D eigenvalue weighted by atomic mass is 10.0. The van der Waals surface area contributed by atoms with Crippen molar-refractivity contribution < 1.29 is 38.3 Å². The van der Waals surface area contributed by atoms with Gasteiger partial charge in [0.2, 0.25) is 35.4 Å². The third-order valence-corrected chi connectivity index (χ3v) is 9.33. The van der Waals surface area contributed by atoms with Crippen LogP contribution in [0.15, 0.2) is 43.5 Å². The van der Waals surface area contributed by atoms with Crippen molar-refractivity contribution in [2.45, 2.75) is 108 Å². The Bertz CT molecular complexity index is 1930. The van der Waals surface area contributed by atoms with Gasteiger partial charge < -0.3 is 70.1 Å². The van der Waals surface area contributed by atoms with Gasteiger partial charge in [-0.2, -0.15) is 0 Å². The van der Waals surface area contributed by atoms with Gasteiger partial charge in [0.15, 0.2) is 11.9 Å². The van der Waals surface area contributed by atoms with Crippen molar-refractivity contribution in [3.8, 4) is 0 Å². The van der Waals surface area contributed by atoms with Crippen molar-refractivity contribution in [2.75, 3.05) is 25.0 Å². The van der Waals surface area contributed by atoms with E-state index in [9.17, 15) is 38.7 Å². The zero-order valence-electron chi connectivity index (χ0n) is 33.3. The summed E-state index contributed by atoms with van der Waals surface area (Å²) in [6, 6.07) is -0.0301. The molecule has 1 aliphatic rings. The lowest BCUT2D eigenvalue weighted by Gasteiger charge is -2.28. The van der Waals surface area contributed by atoms with Gasteiger partial charge in [0, 0.05) is 42.7 Å². The molecule has 2 heterocycles. The van der Waals surface area contributed by atoms with Crippen LogP contribution >= 0.6 is 0 Å². The van der Waals surface area contributed by atoms with Crippen LogP contribution < -0.4 is 66.2 Å². The number of hydrogen-bond donors (Lipinski definition) is 12. The number of fused-ring (bicyclic) bond motifs is 1. The SMILES string of the molecule is Cc1cc(=O)oc2cc(NC(=O)[C@H](CCCN=C(N)N)NC(=O)[C@H](CCCCN)NC(=O)[C@@H](NC(=O)[C@H](CCCN=C(N)N)NC(=O)[C@@H]3CCC(=O)N3)[C@@H](C)O)ccc12. The van der Waals surface area contributed by atoms with Crippen LogP contribution in [0.2, 0.25) is 0 Å². The molecule has 1 fully saturated rings. The van der Waals surface area contributed by atoms with Crippen molar-refractivity contribution in [3.05, 3.63) is 40.2 Å². The van der Waals surface area contributed by atoms with E-state index in [0.29, 0.717) is 23.8 Å². The van der Waals surface area contributed by atoms with Crippen LogP contribution in [0.5, 0.6) is 0 Å². The summed E-state index contributed by atoms with van der Waals surface area (Å²) in [6.45, 7) is 3.55. The molecule has 3 rings (SSSR count). The molecule has 22 heteroatoms. The Morgan fingerprint density at radius 3 is 1.97 bits per heavy atom. The van der Waals surface area contributed by atoms with E-state index >= 15 is 0 Å². The number of aliphatic hydroxyl groups is 1. The first-order chi connectivity index (χ1) is 28.0. The van der Waals surface area contributed by atoms with E-state index in [-0.39, 0.29) is 93.7 Å². The lowest BCUT2D eigenvalue weighted by Crippen LogP contribution is -2.61. The number of amides is 6. The molecule has 1 aromatic carbocycles. The fourth-order valence-electron chi connectivity index (χ4n) is 6.21. The van der Waals surface area contributed by atoms with Gasteiger partial charge in [0.05, 0.1) is 6.10 Å². The highest BCUT2D eigenvalue weighted by atomic mass is 16.4. The highest BCUT2D eigenvalue weighted by Crippen LogP contribution is 2.21. The maximum Gasteiger partial charge on any atom is 0.336 e. The van der Waals surface area contributed by atoms with Crippen LogP contribution in [-0.4, -0.2) is 108 Å². The number of aliphatic imine (C=N–C) groups is 2. The maximum atomic E-state index is 13.9. The number of nitrogens with one attached hydrogen (secondary N) is 6. The summed E-state index contributed by atoms with van der Waals surface area (Å²) in [5.41, 5.74) is 28.0. The Labute approximate surface area is 340 Å². The molecule has 0 saturated carbocycles. The molecule has 0 aliphatic carbocycles. The number of hydrogen-bond acceptors (Lipinski definition) is 12. The van der Waals surface area contributed by atoms with Crippen molar-refractivity contribution in [1.29, 1.82) is 0 Å². The number of carbonyl (C=O) groups excluding carboxylic acids is 6. The first-order valence-corrected chi connectivity index (χ1v) is 19.3. The second-order valence-corrected chi connectivity index (χ2v) is 14.2. The summed E-state index contributed by atoms with van der Waals surface area (Å²) in [5, 5.41) is 26.9. The Hall–Kier alpha value is -6.29. The van der Waals surface area contributed by atoms with Crippen LogP contribution in [0.1, 0.15) is 70.3 Å². The Morgan fingerprint density at radius 1 is 0.814 bits per heavy atom. The molecule has 6 atom stereocenters. The van der Waals surface area contributed by atoms with Crippen LogP contribution in [0, 0.1) is 6.92 Å². The molecular formula is C37H57N13O9. The molecule has 17 N–H and O–H groups in total. The van der Waals surface area contributed by atoms with Gasteiger partial charge in [-0.25, -0.2) is 4.79 Å². The van der Waals surface area contributed by atoms with Gasteiger partial charge in [0.1, 0.15) is 35.8 Å². The van der Waals surface area contributed by atoms with Crippen molar-refractivity contribution in [2.24, 2.45) is 38.7 Å². The van der Waals surface area contributed by atoms with Crippen molar-refractivity contribution in [3.63, 3.8) is 0 Å². The summed E-state index contributed by atoms with van der Waals surface area (Å²) in [6.07, 6.45) is 0.391. The summed E-state index contributed by atoms with van der Waals surface area (Å²) >= 11 is 0. The number of benzene rings is 1. The molecule has 6 amide bonds. The largest absolute Gasteiger partial charge is 0.423 e. The number of unbranched alkanes of at least 4 members (excludes halogenated alkanes) is 1. The first-order valence-electron chi connectivity index (χ1n) is 19.3. The second-order valence-electron chi connectivity index (χ2n) is 14.2. The monoisotopic (exact) mass is 827 g/mol. The van der Waals surface area contributed by atoms with Gasteiger partial charge in [-0.05, 0) is 89.5 Å². The molecule has 1 aromatic heterocycles. The number of carbonyl (C=O) groups is 6. The highest BCUT2D eigenvalue weighted by Gasteiger charge is 2.35. The van der Waals surface area contributed by atoms with Crippen LogP contribution in [0.25, 0.3) is 11.0 Å². The molecule has 324 valence electrons. The van der Waals surface area contributed by atoms with Crippen molar-refractivity contribution in [1.82, 2.24) is 26.6 Å². The summed E-state index contributed by atoms with van der Waals surface area (Å²) in [5.74, 6) is -4.42. The van der Waals surface area contributed by atoms with Crippen molar-refractivity contribution >= 4 is 64.0 Å². The van der Waals surface area contributed by atoms with Gasteiger partial charge >= 0.3 is 5.63 Å². The minimum atomic E-state index is -1.61. The maximum absolute atomic E-state index is 13.9. The third kappa shape index (κ3) is 15.5. The van der Waals surface area contributed by atoms with E-state index in [2.05, 4.69) is 41.9 Å². The molecule has 0 radical (unpaired) electrons. The van der Waals surface area contributed by atoms with Gasteiger partial charge in [-0.1, -0.05) is 0 Å². The molecular weight excluding hydrogens is 770 g/mol. The number of nitrogens with zero attached hydrogens (tertiary/aromatic N) is 2. The Kier molecular flexibility index (Phi) is 18.5. The zero-order valence-corrected chi connectivity index (χ0v) is 33.3. The lowest BCUT2D eigenvalue weighted by molar-refractivity contribution is -0.136. The quantitative estimate of drug-likeness (QED) is 0.0228. The van der Waals surface area contributed by atoms with Crippen LogP contribution in [0.4, 0.5) is 5.69 Å².